The van der Waals surface area contributed by atoms with Crippen molar-refractivity contribution in [2.45, 2.75) is 32.2 Å². The zero-order valence-electron chi connectivity index (χ0n) is 12.1. The Labute approximate surface area is 120 Å². The van der Waals surface area contributed by atoms with Gasteiger partial charge in [-0.3, -0.25) is 9.69 Å². The van der Waals surface area contributed by atoms with Crippen LogP contribution < -0.4 is 5.32 Å². The molecule has 0 aromatic carbocycles. The highest BCUT2D eigenvalue weighted by molar-refractivity contribution is 5.92. The summed E-state index contributed by atoms with van der Waals surface area (Å²) in [4.78, 5) is 18.5. The molecule has 0 bridgehead atoms. The van der Waals surface area contributed by atoms with Gasteiger partial charge in [-0.2, -0.15) is 0 Å². The number of aromatic nitrogens is 2. The van der Waals surface area contributed by atoms with E-state index in [0.29, 0.717) is 18.8 Å². The summed E-state index contributed by atoms with van der Waals surface area (Å²) in [6.07, 6.45) is 11.3. The Morgan fingerprint density at radius 3 is 3.20 bits per heavy atom. The van der Waals surface area contributed by atoms with Gasteiger partial charge in [0.2, 0.25) is 0 Å². The van der Waals surface area contributed by atoms with Crippen molar-refractivity contribution >= 4 is 5.91 Å². The molecule has 1 aromatic heterocycles. The zero-order valence-corrected chi connectivity index (χ0v) is 12.1. The van der Waals surface area contributed by atoms with E-state index in [2.05, 4.69) is 25.7 Å². The predicted molar refractivity (Wildman–Crippen MR) is 78.4 cm³/mol. The molecule has 1 aliphatic rings. The molecule has 20 heavy (non-hydrogen) atoms. The second kappa shape index (κ2) is 7.11. The Balaban J connectivity index is 1.75. The van der Waals surface area contributed by atoms with Crippen LogP contribution in [0.1, 0.15) is 35.6 Å². The van der Waals surface area contributed by atoms with Crippen molar-refractivity contribution in [2.75, 3.05) is 26.7 Å². The van der Waals surface area contributed by atoms with Crippen LogP contribution in [0.25, 0.3) is 0 Å². The Hall–Kier alpha value is -1.80. The van der Waals surface area contributed by atoms with Gasteiger partial charge in [0.25, 0.3) is 5.91 Å². The first-order chi connectivity index (χ1) is 9.70. The minimum Gasteiger partial charge on any atom is -0.351 e. The lowest BCUT2D eigenvalue weighted by molar-refractivity contribution is 0.0947. The van der Waals surface area contributed by atoms with Crippen LogP contribution in [-0.4, -0.2) is 47.0 Å². The lowest BCUT2D eigenvalue weighted by Gasteiger charge is -2.12. The van der Waals surface area contributed by atoms with Crippen molar-refractivity contribution in [2.24, 2.45) is 0 Å². The molecule has 1 aliphatic heterocycles. The number of fused-ring (bicyclic) bond motifs is 1. The van der Waals surface area contributed by atoms with Crippen molar-refractivity contribution in [1.29, 1.82) is 0 Å². The van der Waals surface area contributed by atoms with E-state index in [1.165, 1.54) is 12.8 Å². The highest BCUT2D eigenvalue weighted by atomic mass is 16.1. The molecular formula is C15H22N4O. The monoisotopic (exact) mass is 274 g/mol. The van der Waals surface area contributed by atoms with Gasteiger partial charge in [0.15, 0.2) is 0 Å². The second-order valence-electron chi connectivity index (χ2n) is 5.24. The number of hydrogen-bond acceptors (Lipinski definition) is 3. The quantitative estimate of drug-likeness (QED) is 0.619. The first-order valence-corrected chi connectivity index (χ1v) is 7.17. The summed E-state index contributed by atoms with van der Waals surface area (Å²) in [7, 11) is 1.98. The van der Waals surface area contributed by atoms with E-state index in [9.17, 15) is 4.79 Å². The van der Waals surface area contributed by atoms with E-state index in [-0.39, 0.29) is 5.91 Å². The maximum absolute atomic E-state index is 12.0. The number of nitrogens with one attached hydrogen (secondary N) is 1. The molecule has 0 radical (unpaired) electrons. The fourth-order valence-electron chi connectivity index (χ4n) is 2.40. The third kappa shape index (κ3) is 3.84. The van der Waals surface area contributed by atoms with Gasteiger partial charge in [0.1, 0.15) is 11.5 Å². The smallest absolute Gasteiger partial charge is 0.271 e. The lowest BCUT2D eigenvalue weighted by Crippen LogP contribution is -2.28. The molecule has 108 valence electrons. The lowest BCUT2D eigenvalue weighted by atomic mass is 10.2. The Morgan fingerprint density at radius 1 is 1.60 bits per heavy atom. The number of carbonyl (C=O) groups excluding carboxylic acids is 1. The predicted octanol–water partition coefficient (Wildman–Crippen LogP) is 0.904. The maximum atomic E-state index is 12.0. The van der Waals surface area contributed by atoms with E-state index in [1.807, 2.05) is 13.2 Å². The number of aryl methyl sites for hydroxylation is 2. The van der Waals surface area contributed by atoms with Gasteiger partial charge in [0.05, 0.1) is 6.54 Å². The fourth-order valence-corrected chi connectivity index (χ4v) is 2.40. The van der Waals surface area contributed by atoms with Crippen LogP contribution in [0.5, 0.6) is 0 Å². The topological polar surface area (TPSA) is 50.2 Å². The molecule has 2 rings (SSSR count). The fraction of sp³-hybridized carbons (Fsp3) is 0.600. The molecule has 0 fully saturated rings. The Bertz CT molecular complexity index is 477. The number of carbonyl (C=O) groups is 1. The molecule has 0 saturated heterocycles. The van der Waals surface area contributed by atoms with Gasteiger partial charge in [0, 0.05) is 32.3 Å². The molecule has 1 amide bonds. The number of terminal acetylenes is 1. The molecule has 5 heteroatoms. The Kier molecular flexibility index (Phi) is 5.19. The summed E-state index contributed by atoms with van der Waals surface area (Å²) in [6.45, 7) is 3.15. The number of rotatable bonds is 6. The molecule has 0 unspecified atom stereocenters. The highest BCUT2D eigenvalue weighted by Crippen LogP contribution is 2.14. The molecule has 0 saturated carbocycles. The third-order valence-electron chi connectivity index (χ3n) is 3.50. The third-order valence-corrected chi connectivity index (χ3v) is 3.50. The molecule has 1 N–H and O–H groups in total. The number of hydrogen-bond donors (Lipinski definition) is 1. The van der Waals surface area contributed by atoms with Crippen LogP contribution >= 0.6 is 0 Å². The summed E-state index contributed by atoms with van der Waals surface area (Å²) in [5, 5.41) is 2.91. The first-order valence-electron chi connectivity index (χ1n) is 7.17. The number of nitrogens with zero attached hydrogens (tertiary/aromatic N) is 3. The largest absolute Gasteiger partial charge is 0.351 e. The highest BCUT2D eigenvalue weighted by Gasteiger charge is 2.16. The molecule has 2 heterocycles. The van der Waals surface area contributed by atoms with Gasteiger partial charge in [-0.25, -0.2) is 4.98 Å². The van der Waals surface area contributed by atoms with Crippen molar-refractivity contribution in [3.8, 4) is 12.3 Å². The van der Waals surface area contributed by atoms with Crippen molar-refractivity contribution in [1.82, 2.24) is 19.8 Å². The second-order valence-corrected chi connectivity index (χ2v) is 5.24. The minimum atomic E-state index is -0.0773. The van der Waals surface area contributed by atoms with E-state index in [4.69, 9.17) is 6.42 Å². The van der Waals surface area contributed by atoms with Crippen LogP contribution in [0, 0.1) is 12.3 Å². The first kappa shape index (κ1) is 14.6. The molecule has 1 aromatic rings. The summed E-state index contributed by atoms with van der Waals surface area (Å²) >= 11 is 0. The average Bonchev–Trinajstić information content (AvgIpc) is 2.87. The van der Waals surface area contributed by atoms with Gasteiger partial charge < -0.3 is 9.88 Å². The summed E-state index contributed by atoms with van der Waals surface area (Å²) in [6, 6.07) is 0. The van der Waals surface area contributed by atoms with E-state index < -0.39 is 0 Å². The maximum Gasteiger partial charge on any atom is 0.271 e. The van der Waals surface area contributed by atoms with Crippen LogP contribution in [0.4, 0.5) is 0 Å². The molecule has 5 nitrogen and oxygen atoms in total. The van der Waals surface area contributed by atoms with Crippen LogP contribution in [0.15, 0.2) is 6.20 Å². The standard InChI is InChI=1S/C15H22N4O/c1-3-9-18(2)10-6-8-16-15(20)13-12-19-11-5-4-7-14(19)17-13/h1,12H,4-11H2,2H3,(H,16,20). The van der Waals surface area contributed by atoms with E-state index in [0.717, 1.165) is 31.8 Å². The zero-order chi connectivity index (χ0) is 14.4. The van der Waals surface area contributed by atoms with Gasteiger partial charge in [-0.1, -0.05) is 5.92 Å². The summed E-state index contributed by atoms with van der Waals surface area (Å²) in [5.41, 5.74) is 0.541. The average molecular weight is 274 g/mol. The minimum absolute atomic E-state index is 0.0773. The van der Waals surface area contributed by atoms with Crippen molar-refractivity contribution in [3.05, 3.63) is 17.7 Å². The Morgan fingerprint density at radius 2 is 2.45 bits per heavy atom. The number of imidazole rings is 1. The van der Waals surface area contributed by atoms with Crippen LogP contribution in [0.3, 0.4) is 0 Å². The summed E-state index contributed by atoms with van der Waals surface area (Å²) < 4.78 is 2.10. The van der Waals surface area contributed by atoms with E-state index >= 15 is 0 Å². The normalized spacial score (nSPS) is 13.8. The van der Waals surface area contributed by atoms with Gasteiger partial charge in [-0.15, -0.1) is 6.42 Å². The molecule has 0 atom stereocenters. The van der Waals surface area contributed by atoms with E-state index in [1.54, 1.807) is 0 Å². The van der Waals surface area contributed by atoms with Crippen molar-refractivity contribution < 1.29 is 4.79 Å². The molecule has 0 aliphatic carbocycles. The van der Waals surface area contributed by atoms with Crippen molar-refractivity contribution in [3.63, 3.8) is 0 Å². The SMILES string of the molecule is C#CCN(C)CCCNC(=O)c1cn2c(n1)CCCC2. The van der Waals surface area contributed by atoms with Crippen LogP contribution in [0.2, 0.25) is 0 Å². The van der Waals surface area contributed by atoms with Gasteiger partial charge >= 0.3 is 0 Å². The number of amides is 1. The molecular weight excluding hydrogens is 252 g/mol. The van der Waals surface area contributed by atoms with Crippen LogP contribution in [-0.2, 0) is 13.0 Å². The molecule has 0 spiro atoms. The van der Waals surface area contributed by atoms with Gasteiger partial charge in [-0.05, 0) is 26.3 Å². The summed E-state index contributed by atoms with van der Waals surface area (Å²) in [5.74, 6) is 3.56.